The fourth-order valence-corrected chi connectivity index (χ4v) is 3.47. The zero-order chi connectivity index (χ0) is 22.9. The second-order valence-electron chi connectivity index (χ2n) is 8.42. The minimum absolute atomic E-state index is 0.155. The zero-order valence-electron chi connectivity index (χ0n) is 19.0. The number of carbonyl (C=O) groups is 2. The summed E-state index contributed by atoms with van der Waals surface area (Å²) >= 11 is 0. The Hall–Kier alpha value is -3.13. The van der Waals surface area contributed by atoms with Gasteiger partial charge in [0, 0.05) is 37.9 Å². The summed E-state index contributed by atoms with van der Waals surface area (Å²) in [5.41, 5.74) is 1.78. The van der Waals surface area contributed by atoms with Crippen molar-refractivity contribution in [1.29, 1.82) is 0 Å². The van der Waals surface area contributed by atoms with Gasteiger partial charge in [-0.15, -0.1) is 0 Å². The number of carbonyl (C=O) groups excluding carboxylic acids is 2. The third kappa shape index (κ3) is 7.23. The molecule has 172 valence electrons. The molecule has 1 N–H and O–H groups in total. The number of imidazole rings is 1. The minimum atomic E-state index is -0.475. The van der Waals surface area contributed by atoms with Gasteiger partial charge in [0.05, 0.1) is 19.4 Å². The van der Waals surface area contributed by atoms with Gasteiger partial charge < -0.3 is 14.8 Å². The summed E-state index contributed by atoms with van der Waals surface area (Å²) in [7, 11) is 1.67. The molecule has 1 fully saturated rings. The van der Waals surface area contributed by atoms with E-state index in [1.165, 1.54) is 22.5 Å². The van der Waals surface area contributed by atoms with Crippen LogP contribution in [0.2, 0.25) is 0 Å². The second-order valence-corrected chi connectivity index (χ2v) is 8.42. The number of piperidine rings is 1. The highest BCUT2D eigenvalue weighted by molar-refractivity contribution is 5.91. The largest absolute Gasteiger partial charge is 0.497 e. The van der Waals surface area contributed by atoms with Gasteiger partial charge >= 0.3 is 6.09 Å². The standard InChI is InChI=1S/C24H32N4O4/c1-18(2)16-32-24(30)28-15-21(25-17-28)6-9-23(29)26-20-10-12-27(13-11-20)14-19-4-7-22(31-3)8-5-19/h4-9,15,17-18,20H,10-14,16H2,1-3H3,(H,26,29)/b9-6+. The Morgan fingerprint density at radius 1 is 1.22 bits per heavy atom. The average molecular weight is 441 g/mol. The first-order valence-corrected chi connectivity index (χ1v) is 11.0. The molecule has 1 aromatic carbocycles. The molecule has 1 amide bonds. The molecule has 1 aliphatic heterocycles. The van der Waals surface area contributed by atoms with Gasteiger partial charge in [-0.3, -0.25) is 9.69 Å². The molecule has 1 aromatic heterocycles. The monoisotopic (exact) mass is 440 g/mol. The fourth-order valence-electron chi connectivity index (χ4n) is 3.47. The van der Waals surface area contributed by atoms with Crippen molar-refractivity contribution in [3.05, 3.63) is 54.1 Å². The first-order valence-electron chi connectivity index (χ1n) is 11.0. The molecule has 1 saturated heterocycles. The Bertz CT molecular complexity index is 912. The average Bonchev–Trinajstić information content (AvgIpc) is 3.27. The summed E-state index contributed by atoms with van der Waals surface area (Å²) in [6.45, 7) is 7.06. The van der Waals surface area contributed by atoms with E-state index < -0.39 is 6.09 Å². The molecule has 0 bridgehead atoms. The van der Waals surface area contributed by atoms with Crippen LogP contribution in [0.4, 0.5) is 4.79 Å². The number of aromatic nitrogens is 2. The summed E-state index contributed by atoms with van der Waals surface area (Å²) in [5, 5.41) is 3.06. The van der Waals surface area contributed by atoms with Crippen molar-refractivity contribution in [3.63, 3.8) is 0 Å². The molecule has 0 spiro atoms. The van der Waals surface area contributed by atoms with Crippen molar-refractivity contribution in [3.8, 4) is 5.75 Å². The molecule has 0 atom stereocenters. The number of ether oxygens (including phenoxy) is 2. The molecule has 8 nitrogen and oxygen atoms in total. The normalized spacial score (nSPS) is 15.2. The van der Waals surface area contributed by atoms with Crippen LogP contribution in [0.3, 0.4) is 0 Å². The van der Waals surface area contributed by atoms with Gasteiger partial charge in [-0.05, 0) is 42.5 Å². The fraction of sp³-hybridized carbons (Fsp3) is 0.458. The van der Waals surface area contributed by atoms with Gasteiger partial charge in [0.25, 0.3) is 0 Å². The summed E-state index contributed by atoms with van der Waals surface area (Å²) < 4.78 is 11.6. The molecule has 0 aliphatic carbocycles. The third-order valence-corrected chi connectivity index (χ3v) is 5.26. The number of methoxy groups -OCH3 is 1. The molecule has 0 saturated carbocycles. The number of benzene rings is 1. The van der Waals surface area contributed by atoms with Gasteiger partial charge in [-0.25, -0.2) is 14.3 Å². The van der Waals surface area contributed by atoms with Crippen LogP contribution in [0.1, 0.15) is 37.9 Å². The van der Waals surface area contributed by atoms with Crippen LogP contribution >= 0.6 is 0 Å². The summed E-state index contributed by atoms with van der Waals surface area (Å²) in [5.74, 6) is 0.969. The van der Waals surface area contributed by atoms with Crippen molar-refractivity contribution in [1.82, 2.24) is 19.8 Å². The lowest BCUT2D eigenvalue weighted by Crippen LogP contribution is -2.43. The van der Waals surface area contributed by atoms with Gasteiger partial charge in [0.15, 0.2) is 0 Å². The summed E-state index contributed by atoms with van der Waals surface area (Å²) in [4.78, 5) is 30.7. The van der Waals surface area contributed by atoms with E-state index in [-0.39, 0.29) is 17.9 Å². The van der Waals surface area contributed by atoms with E-state index >= 15 is 0 Å². The Labute approximate surface area is 189 Å². The number of amides is 1. The lowest BCUT2D eigenvalue weighted by atomic mass is 10.0. The predicted octanol–water partition coefficient (Wildman–Crippen LogP) is 3.33. The van der Waals surface area contributed by atoms with E-state index in [9.17, 15) is 9.59 Å². The maximum Gasteiger partial charge on any atom is 0.419 e. The van der Waals surface area contributed by atoms with Crippen LogP contribution in [0.15, 0.2) is 42.9 Å². The van der Waals surface area contributed by atoms with E-state index in [0.717, 1.165) is 38.2 Å². The molecule has 2 aromatic rings. The maximum atomic E-state index is 12.3. The van der Waals surface area contributed by atoms with Crippen LogP contribution in [-0.2, 0) is 16.1 Å². The Balaban J connectivity index is 1.40. The van der Waals surface area contributed by atoms with Crippen molar-refractivity contribution >= 4 is 18.1 Å². The van der Waals surface area contributed by atoms with Crippen molar-refractivity contribution in [2.45, 2.75) is 39.3 Å². The smallest absolute Gasteiger partial charge is 0.419 e. The van der Waals surface area contributed by atoms with Crippen LogP contribution < -0.4 is 10.1 Å². The quantitative estimate of drug-likeness (QED) is 0.634. The highest BCUT2D eigenvalue weighted by Gasteiger charge is 2.20. The van der Waals surface area contributed by atoms with Crippen LogP contribution in [0.5, 0.6) is 5.75 Å². The maximum absolute atomic E-state index is 12.3. The summed E-state index contributed by atoms with van der Waals surface area (Å²) in [6.07, 6.45) is 7.33. The Kier molecular flexibility index (Phi) is 8.44. The number of rotatable bonds is 8. The molecule has 8 heteroatoms. The van der Waals surface area contributed by atoms with Gasteiger partial charge in [0.1, 0.15) is 12.1 Å². The SMILES string of the molecule is COc1ccc(CN2CCC(NC(=O)/C=C/c3cn(C(=O)OCC(C)C)cn3)CC2)cc1. The lowest BCUT2D eigenvalue weighted by Gasteiger charge is -2.32. The number of nitrogens with one attached hydrogen (secondary N) is 1. The number of nitrogens with zero attached hydrogens (tertiary/aromatic N) is 3. The number of likely N-dealkylation sites (tertiary alicyclic amines) is 1. The highest BCUT2D eigenvalue weighted by atomic mass is 16.5. The Morgan fingerprint density at radius 3 is 2.59 bits per heavy atom. The predicted molar refractivity (Wildman–Crippen MR) is 122 cm³/mol. The van der Waals surface area contributed by atoms with E-state index in [2.05, 4.69) is 27.3 Å². The van der Waals surface area contributed by atoms with E-state index in [4.69, 9.17) is 9.47 Å². The van der Waals surface area contributed by atoms with E-state index in [1.54, 1.807) is 19.4 Å². The number of hydrogen-bond donors (Lipinski definition) is 1. The summed E-state index contributed by atoms with van der Waals surface area (Å²) in [6, 6.07) is 8.28. The molecule has 3 rings (SSSR count). The van der Waals surface area contributed by atoms with E-state index in [0.29, 0.717) is 12.3 Å². The van der Waals surface area contributed by atoms with Crippen molar-refractivity contribution < 1.29 is 19.1 Å². The second kappa shape index (κ2) is 11.5. The first kappa shape index (κ1) is 23.5. The molecular formula is C24H32N4O4. The van der Waals surface area contributed by atoms with Crippen molar-refractivity contribution in [2.24, 2.45) is 5.92 Å². The molecule has 0 radical (unpaired) electrons. The topological polar surface area (TPSA) is 85.7 Å². The molecule has 0 unspecified atom stereocenters. The van der Waals surface area contributed by atoms with Crippen molar-refractivity contribution in [2.75, 3.05) is 26.8 Å². The first-order chi connectivity index (χ1) is 15.4. The lowest BCUT2D eigenvalue weighted by molar-refractivity contribution is -0.117. The van der Waals surface area contributed by atoms with Gasteiger partial charge in [-0.2, -0.15) is 0 Å². The van der Waals surface area contributed by atoms with Gasteiger partial charge in [0.2, 0.25) is 5.91 Å². The highest BCUT2D eigenvalue weighted by Crippen LogP contribution is 2.16. The number of hydrogen-bond acceptors (Lipinski definition) is 6. The molecule has 1 aliphatic rings. The molecule has 2 heterocycles. The van der Waals surface area contributed by atoms with Crippen LogP contribution in [-0.4, -0.2) is 59.3 Å². The van der Waals surface area contributed by atoms with Crippen LogP contribution in [0, 0.1) is 5.92 Å². The van der Waals surface area contributed by atoms with E-state index in [1.807, 2.05) is 26.0 Å². The minimum Gasteiger partial charge on any atom is -0.497 e. The molecular weight excluding hydrogens is 408 g/mol. The molecule has 32 heavy (non-hydrogen) atoms. The van der Waals surface area contributed by atoms with Gasteiger partial charge in [-0.1, -0.05) is 26.0 Å². The third-order valence-electron chi connectivity index (χ3n) is 5.26. The van der Waals surface area contributed by atoms with Crippen LogP contribution in [0.25, 0.3) is 6.08 Å². The Morgan fingerprint density at radius 2 is 1.94 bits per heavy atom. The zero-order valence-corrected chi connectivity index (χ0v) is 19.0.